The molecule has 3 heteroatoms. The Morgan fingerprint density at radius 1 is 1.58 bits per heavy atom. The molecule has 2 rings (SSSR count). The molecule has 0 heterocycles. The topological polar surface area (TPSA) is 43.4 Å². The fourth-order valence-electron chi connectivity index (χ4n) is 2.31. The van der Waals surface area contributed by atoms with E-state index in [1.165, 1.54) is 7.11 Å². The smallest absolute Gasteiger partial charge is 0.309 e. The lowest BCUT2D eigenvalue weighted by Gasteiger charge is -2.04. The third-order valence-corrected chi connectivity index (χ3v) is 2.97. The van der Waals surface area contributed by atoms with E-state index in [9.17, 15) is 9.59 Å². The van der Waals surface area contributed by atoms with E-state index in [0.29, 0.717) is 12.3 Å². The fourth-order valence-corrected chi connectivity index (χ4v) is 2.31. The number of methoxy groups -OCH3 is 1. The molecule has 2 aliphatic carbocycles. The summed E-state index contributed by atoms with van der Waals surface area (Å²) in [5.41, 5.74) is 0. The maximum absolute atomic E-state index is 11.3. The zero-order chi connectivity index (χ0) is 8.72. The van der Waals surface area contributed by atoms with Crippen LogP contribution >= 0.6 is 0 Å². The minimum Gasteiger partial charge on any atom is -0.469 e. The van der Waals surface area contributed by atoms with Crippen molar-refractivity contribution < 1.29 is 14.3 Å². The normalized spacial score (nSPS) is 38.8. The third-order valence-electron chi connectivity index (χ3n) is 2.97. The molecular weight excluding hydrogens is 156 g/mol. The summed E-state index contributed by atoms with van der Waals surface area (Å²) < 4.78 is 4.62. The molecule has 2 aliphatic rings. The molecule has 0 saturated heterocycles. The summed E-state index contributed by atoms with van der Waals surface area (Å²) in [5.74, 6) is 0.316. The Balaban J connectivity index is 2.05. The number of ether oxygens (including phenoxy) is 1. The Labute approximate surface area is 71.1 Å². The summed E-state index contributed by atoms with van der Waals surface area (Å²) in [7, 11) is 1.39. The van der Waals surface area contributed by atoms with Crippen LogP contribution in [0.1, 0.15) is 19.3 Å². The summed E-state index contributed by atoms with van der Waals surface area (Å²) in [5, 5.41) is 0. The number of fused-ring (bicyclic) bond motifs is 1. The molecule has 0 spiro atoms. The zero-order valence-corrected chi connectivity index (χ0v) is 7.08. The van der Waals surface area contributed by atoms with Crippen molar-refractivity contribution >= 4 is 11.8 Å². The van der Waals surface area contributed by atoms with Gasteiger partial charge in [-0.2, -0.15) is 0 Å². The molecule has 0 aromatic rings. The number of hydrogen-bond acceptors (Lipinski definition) is 3. The van der Waals surface area contributed by atoms with Crippen LogP contribution in [0.4, 0.5) is 0 Å². The van der Waals surface area contributed by atoms with Gasteiger partial charge in [0.1, 0.15) is 5.78 Å². The van der Waals surface area contributed by atoms with Gasteiger partial charge < -0.3 is 4.74 Å². The van der Waals surface area contributed by atoms with E-state index >= 15 is 0 Å². The van der Waals surface area contributed by atoms with Gasteiger partial charge in [0.2, 0.25) is 0 Å². The maximum atomic E-state index is 11.3. The van der Waals surface area contributed by atoms with Crippen LogP contribution < -0.4 is 0 Å². The van der Waals surface area contributed by atoms with E-state index < -0.39 is 0 Å². The van der Waals surface area contributed by atoms with E-state index in [4.69, 9.17) is 0 Å². The highest BCUT2D eigenvalue weighted by atomic mass is 16.5. The van der Waals surface area contributed by atoms with Gasteiger partial charge in [-0.25, -0.2) is 0 Å². The van der Waals surface area contributed by atoms with Gasteiger partial charge in [-0.1, -0.05) is 0 Å². The van der Waals surface area contributed by atoms with Crippen molar-refractivity contribution in [3.8, 4) is 0 Å². The largest absolute Gasteiger partial charge is 0.469 e. The van der Waals surface area contributed by atoms with E-state index in [1.807, 2.05) is 0 Å². The monoisotopic (exact) mass is 168 g/mol. The van der Waals surface area contributed by atoms with Crippen molar-refractivity contribution in [2.75, 3.05) is 7.11 Å². The lowest BCUT2D eigenvalue weighted by molar-refractivity contribution is -0.143. The molecule has 0 radical (unpaired) electrons. The van der Waals surface area contributed by atoms with Crippen LogP contribution in [0.3, 0.4) is 0 Å². The Bertz CT molecular complexity index is 234. The molecule has 12 heavy (non-hydrogen) atoms. The Hall–Kier alpha value is -0.860. The van der Waals surface area contributed by atoms with Crippen molar-refractivity contribution in [3.63, 3.8) is 0 Å². The highest BCUT2D eigenvalue weighted by Crippen LogP contribution is 2.53. The average Bonchev–Trinajstić information content (AvgIpc) is 2.79. The molecule has 0 amide bonds. The quantitative estimate of drug-likeness (QED) is 0.543. The summed E-state index contributed by atoms with van der Waals surface area (Å²) in [6, 6.07) is 0. The lowest BCUT2D eigenvalue weighted by atomic mass is 10.00. The molecular formula is C9H12O3. The van der Waals surface area contributed by atoms with Crippen LogP contribution in [-0.2, 0) is 14.3 Å². The highest BCUT2D eigenvalue weighted by Gasteiger charge is 2.59. The number of carbonyl (C=O) groups is 2. The van der Waals surface area contributed by atoms with E-state index in [0.717, 1.165) is 12.8 Å². The van der Waals surface area contributed by atoms with Crippen LogP contribution in [0.15, 0.2) is 0 Å². The van der Waals surface area contributed by atoms with Gasteiger partial charge in [0, 0.05) is 12.3 Å². The van der Waals surface area contributed by atoms with Gasteiger partial charge >= 0.3 is 5.97 Å². The Kier molecular flexibility index (Phi) is 1.67. The standard InChI is InChI=1S/C9H12O3/c1-12-9(11)8-5-3-2-4-6(10)7(5)8/h5,7-8H,2-4H2,1H3/t5-,7-,8+/m0/s1. The van der Waals surface area contributed by atoms with Gasteiger partial charge in [-0.3, -0.25) is 9.59 Å². The minimum atomic E-state index is -0.194. The molecule has 66 valence electrons. The van der Waals surface area contributed by atoms with E-state index in [1.54, 1.807) is 0 Å². The van der Waals surface area contributed by atoms with Gasteiger partial charge in [0.25, 0.3) is 0 Å². The van der Waals surface area contributed by atoms with Crippen LogP contribution in [0.5, 0.6) is 0 Å². The van der Waals surface area contributed by atoms with E-state index in [-0.39, 0.29) is 23.6 Å². The SMILES string of the molecule is COC(=O)[C@@H]1[C@H]2CCCC(=O)[C@H]21. The first kappa shape index (κ1) is 7.77. The van der Waals surface area contributed by atoms with E-state index in [2.05, 4.69) is 4.74 Å². The van der Waals surface area contributed by atoms with Gasteiger partial charge in [0.15, 0.2) is 0 Å². The summed E-state index contributed by atoms with van der Waals surface area (Å²) in [6.45, 7) is 0. The number of rotatable bonds is 1. The number of ketones is 1. The zero-order valence-electron chi connectivity index (χ0n) is 7.08. The van der Waals surface area contributed by atoms with Crippen molar-refractivity contribution in [2.24, 2.45) is 17.8 Å². The Morgan fingerprint density at radius 2 is 2.33 bits per heavy atom. The second-order valence-corrected chi connectivity index (χ2v) is 3.60. The number of Topliss-reactive ketones (excluding diaryl/α,β-unsaturated/α-hetero) is 1. The highest BCUT2D eigenvalue weighted by molar-refractivity contribution is 5.93. The lowest BCUT2D eigenvalue weighted by Crippen LogP contribution is -2.09. The maximum Gasteiger partial charge on any atom is 0.309 e. The predicted octanol–water partition coefficient (Wildman–Crippen LogP) is 0.775. The third kappa shape index (κ3) is 0.958. The number of hydrogen-bond donors (Lipinski definition) is 0. The van der Waals surface area contributed by atoms with Crippen molar-refractivity contribution in [1.82, 2.24) is 0 Å². The predicted molar refractivity (Wildman–Crippen MR) is 41.3 cm³/mol. The number of carbonyl (C=O) groups excluding carboxylic acids is 2. The molecule has 2 fully saturated rings. The molecule has 0 unspecified atom stereocenters. The van der Waals surface area contributed by atoms with Crippen molar-refractivity contribution in [2.45, 2.75) is 19.3 Å². The summed E-state index contributed by atoms with van der Waals surface area (Å²) in [4.78, 5) is 22.4. The fraction of sp³-hybridized carbons (Fsp3) is 0.778. The molecule has 0 aromatic carbocycles. The van der Waals surface area contributed by atoms with Crippen molar-refractivity contribution in [1.29, 1.82) is 0 Å². The van der Waals surface area contributed by atoms with Crippen LogP contribution in [0.2, 0.25) is 0 Å². The second kappa shape index (κ2) is 2.57. The molecule has 0 N–H and O–H groups in total. The molecule has 2 saturated carbocycles. The van der Waals surface area contributed by atoms with Crippen LogP contribution in [0, 0.1) is 17.8 Å². The molecule has 3 nitrogen and oxygen atoms in total. The first-order valence-electron chi connectivity index (χ1n) is 4.36. The van der Waals surface area contributed by atoms with Gasteiger partial charge in [-0.05, 0) is 18.8 Å². The van der Waals surface area contributed by atoms with Gasteiger partial charge in [0.05, 0.1) is 13.0 Å². The Morgan fingerprint density at radius 3 is 2.92 bits per heavy atom. The number of esters is 1. The molecule has 0 bridgehead atoms. The summed E-state index contributed by atoms with van der Waals surface area (Å²) >= 11 is 0. The van der Waals surface area contributed by atoms with Gasteiger partial charge in [-0.15, -0.1) is 0 Å². The first-order chi connectivity index (χ1) is 5.75. The molecule has 0 aliphatic heterocycles. The van der Waals surface area contributed by atoms with Crippen LogP contribution in [0.25, 0.3) is 0 Å². The van der Waals surface area contributed by atoms with Crippen molar-refractivity contribution in [3.05, 3.63) is 0 Å². The molecule has 3 atom stereocenters. The minimum absolute atomic E-state index is 0.0196. The average molecular weight is 168 g/mol. The summed E-state index contributed by atoms with van der Waals surface area (Å²) in [6.07, 6.45) is 2.64. The first-order valence-corrected chi connectivity index (χ1v) is 4.36. The molecule has 0 aromatic heterocycles. The van der Waals surface area contributed by atoms with Crippen LogP contribution in [-0.4, -0.2) is 18.9 Å². The second-order valence-electron chi connectivity index (χ2n) is 3.60.